The van der Waals surface area contributed by atoms with Gasteiger partial charge in [-0.25, -0.2) is 0 Å². The molecular weight excluding hydrogens is 202 g/mol. The summed E-state index contributed by atoms with van der Waals surface area (Å²) in [5.74, 6) is 0.899. The third-order valence-electron chi connectivity index (χ3n) is 2.17. The lowest BCUT2D eigenvalue weighted by Crippen LogP contribution is -2.12. The molecular formula is C13H17NO2. The summed E-state index contributed by atoms with van der Waals surface area (Å²) in [5, 5.41) is 3.17. The van der Waals surface area contributed by atoms with Crippen LogP contribution in [0.25, 0.3) is 0 Å². The fourth-order valence-electron chi connectivity index (χ4n) is 1.44. The molecule has 0 aromatic heterocycles. The van der Waals surface area contributed by atoms with Crippen LogP contribution in [0.15, 0.2) is 36.0 Å². The smallest absolute Gasteiger partial charge is 0.154 e. The fraction of sp³-hybridized carbons (Fsp3) is 0.308. The van der Waals surface area contributed by atoms with E-state index < -0.39 is 0 Å². The van der Waals surface area contributed by atoms with Crippen molar-refractivity contribution in [3.63, 3.8) is 0 Å². The molecule has 16 heavy (non-hydrogen) atoms. The topological polar surface area (TPSA) is 38.3 Å². The Labute approximate surface area is 96.1 Å². The van der Waals surface area contributed by atoms with Crippen LogP contribution in [0.1, 0.15) is 19.4 Å². The predicted octanol–water partition coefficient (Wildman–Crippen LogP) is 2.28. The van der Waals surface area contributed by atoms with Crippen LogP contribution in [0.5, 0.6) is 5.75 Å². The van der Waals surface area contributed by atoms with Crippen LogP contribution in [-0.4, -0.2) is 12.9 Å². The molecule has 0 saturated heterocycles. The first-order valence-corrected chi connectivity index (χ1v) is 5.18. The van der Waals surface area contributed by atoms with Crippen molar-refractivity contribution in [2.45, 2.75) is 20.4 Å². The van der Waals surface area contributed by atoms with Crippen LogP contribution < -0.4 is 10.1 Å². The number of nitrogens with one attached hydrogen (secondary N) is 1. The molecule has 0 aliphatic rings. The molecule has 0 amide bonds. The van der Waals surface area contributed by atoms with Gasteiger partial charge in [-0.05, 0) is 26.0 Å². The number of benzene rings is 1. The van der Waals surface area contributed by atoms with Gasteiger partial charge in [0.2, 0.25) is 0 Å². The van der Waals surface area contributed by atoms with E-state index in [1.165, 1.54) is 6.92 Å². The largest absolute Gasteiger partial charge is 0.496 e. The number of ketones is 1. The summed E-state index contributed by atoms with van der Waals surface area (Å²) >= 11 is 0. The van der Waals surface area contributed by atoms with Gasteiger partial charge < -0.3 is 10.1 Å². The van der Waals surface area contributed by atoms with Gasteiger partial charge in [0.1, 0.15) is 5.75 Å². The Morgan fingerprint density at radius 3 is 2.69 bits per heavy atom. The standard InChI is InChI=1S/C13H17NO2/c1-10(8-11(2)15)14-9-12-6-4-5-7-13(12)16-3/h4-8,14H,9H2,1-3H3/b10-8-. The average Bonchev–Trinajstić information content (AvgIpc) is 2.26. The molecule has 0 spiro atoms. The quantitative estimate of drug-likeness (QED) is 0.772. The number of ether oxygens (including phenoxy) is 1. The van der Waals surface area contributed by atoms with Crippen molar-refractivity contribution in [1.82, 2.24) is 5.32 Å². The van der Waals surface area contributed by atoms with E-state index in [1.807, 2.05) is 31.2 Å². The number of para-hydroxylation sites is 1. The Bertz CT molecular complexity index is 397. The maximum Gasteiger partial charge on any atom is 0.154 e. The zero-order valence-electron chi connectivity index (χ0n) is 9.91. The molecule has 0 aliphatic carbocycles. The molecule has 0 radical (unpaired) electrons. The highest BCUT2D eigenvalue weighted by Crippen LogP contribution is 2.16. The fourth-order valence-corrected chi connectivity index (χ4v) is 1.44. The van der Waals surface area contributed by atoms with Gasteiger partial charge in [-0.2, -0.15) is 0 Å². The minimum Gasteiger partial charge on any atom is -0.496 e. The van der Waals surface area contributed by atoms with Crippen molar-refractivity contribution in [3.05, 3.63) is 41.6 Å². The molecule has 3 heteroatoms. The van der Waals surface area contributed by atoms with Gasteiger partial charge in [-0.3, -0.25) is 4.79 Å². The molecule has 0 unspecified atom stereocenters. The molecule has 0 bridgehead atoms. The average molecular weight is 219 g/mol. The highest BCUT2D eigenvalue weighted by atomic mass is 16.5. The summed E-state index contributed by atoms with van der Waals surface area (Å²) in [6.45, 7) is 4.06. The van der Waals surface area contributed by atoms with Gasteiger partial charge in [-0.15, -0.1) is 0 Å². The van der Waals surface area contributed by atoms with E-state index in [9.17, 15) is 4.79 Å². The lowest BCUT2D eigenvalue weighted by atomic mass is 10.2. The molecule has 1 rings (SSSR count). The molecule has 86 valence electrons. The first-order valence-electron chi connectivity index (χ1n) is 5.18. The van der Waals surface area contributed by atoms with Gasteiger partial charge in [0.15, 0.2) is 5.78 Å². The van der Waals surface area contributed by atoms with Crippen molar-refractivity contribution < 1.29 is 9.53 Å². The summed E-state index contributed by atoms with van der Waals surface area (Å²) in [6, 6.07) is 7.80. The van der Waals surface area contributed by atoms with Gasteiger partial charge in [-0.1, -0.05) is 18.2 Å². The van der Waals surface area contributed by atoms with Crippen molar-refractivity contribution in [3.8, 4) is 5.75 Å². The van der Waals surface area contributed by atoms with E-state index in [1.54, 1.807) is 13.2 Å². The van der Waals surface area contributed by atoms with Gasteiger partial charge in [0.05, 0.1) is 7.11 Å². The van der Waals surface area contributed by atoms with Crippen molar-refractivity contribution in [1.29, 1.82) is 0 Å². The highest BCUT2D eigenvalue weighted by molar-refractivity contribution is 5.87. The second kappa shape index (κ2) is 5.95. The van der Waals surface area contributed by atoms with E-state index in [0.717, 1.165) is 17.0 Å². The van der Waals surface area contributed by atoms with E-state index in [0.29, 0.717) is 6.54 Å². The third-order valence-corrected chi connectivity index (χ3v) is 2.17. The van der Waals surface area contributed by atoms with Crippen molar-refractivity contribution in [2.24, 2.45) is 0 Å². The van der Waals surface area contributed by atoms with E-state index in [4.69, 9.17) is 4.74 Å². The van der Waals surface area contributed by atoms with Crippen LogP contribution in [0, 0.1) is 0 Å². The van der Waals surface area contributed by atoms with Crippen LogP contribution in [-0.2, 0) is 11.3 Å². The third kappa shape index (κ3) is 3.77. The molecule has 1 aromatic rings. The molecule has 0 heterocycles. The van der Waals surface area contributed by atoms with Gasteiger partial charge >= 0.3 is 0 Å². The Morgan fingerprint density at radius 2 is 2.06 bits per heavy atom. The number of hydrogen-bond acceptors (Lipinski definition) is 3. The SMILES string of the molecule is COc1ccccc1CN/C(C)=C\C(C)=O. The minimum absolute atomic E-state index is 0.0463. The summed E-state index contributed by atoms with van der Waals surface area (Å²) in [4.78, 5) is 10.8. The monoisotopic (exact) mass is 219 g/mol. The Hall–Kier alpha value is -1.77. The zero-order chi connectivity index (χ0) is 12.0. The molecule has 0 aliphatic heterocycles. The maximum atomic E-state index is 10.8. The molecule has 1 N–H and O–H groups in total. The Balaban J connectivity index is 2.64. The zero-order valence-corrected chi connectivity index (χ0v) is 9.91. The normalized spacial score (nSPS) is 11.1. The minimum atomic E-state index is 0.0463. The van der Waals surface area contributed by atoms with Crippen LogP contribution >= 0.6 is 0 Å². The van der Waals surface area contributed by atoms with Crippen molar-refractivity contribution >= 4 is 5.78 Å². The number of rotatable bonds is 5. The lowest BCUT2D eigenvalue weighted by Gasteiger charge is -2.10. The van der Waals surface area contributed by atoms with Crippen LogP contribution in [0.2, 0.25) is 0 Å². The molecule has 0 atom stereocenters. The maximum absolute atomic E-state index is 10.8. The van der Waals surface area contributed by atoms with Crippen LogP contribution in [0.3, 0.4) is 0 Å². The summed E-state index contributed by atoms with van der Waals surface area (Å²) in [7, 11) is 1.65. The predicted molar refractivity (Wildman–Crippen MR) is 64.3 cm³/mol. The van der Waals surface area contributed by atoms with Crippen LogP contribution in [0.4, 0.5) is 0 Å². The number of carbonyl (C=O) groups excluding carboxylic acids is 1. The van der Waals surface area contributed by atoms with Gasteiger partial charge in [0.25, 0.3) is 0 Å². The van der Waals surface area contributed by atoms with Gasteiger partial charge in [0, 0.05) is 17.8 Å². The molecule has 1 aromatic carbocycles. The van der Waals surface area contributed by atoms with E-state index in [2.05, 4.69) is 5.32 Å². The summed E-state index contributed by atoms with van der Waals surface area (Å²) in [6.07, 6.45) is 1.58. The second-order valence-corrected chi connectivity index (χ2v) is 3.60. The summed E-state index contributed by atoms with van der Waals surface area (Å²) in [5.41, 5.74) is 1.93. The first kappa shape index (κ1) is 12.3. The molecule has 3 nitrogen and oxygen atoms in total. The number of hydrogen-bond donors (Lipinski definition) is 1. The lowest BCUT2D eigenvalue weighted by molar-refractivity contribution is -0.112. The number of methoxy groups -OCH3 is 1. The Morgan fingerprint density at radius 1 is 1.38 bits per heavy atom. The summed E-state index contributed by atoms with van der Waals surface area (Å²) < 4.78 is 5.23. The Kier molecular flexibility index (Phi) is 4.58. The molecule has 0 fully saturated rings. The molecule has 0 saturated carbocycles. The second-order valence-electron chi connectivity index (χ2n) is 3.60. The van der Waals surface area contributed by atoms with Crippen molar-refractivity contribution in [2.75, 3.05) is 7.11 Å². The first-order chi connectivity index (χ1) is 7.63. The number of carbonyl (C=O) groups is 1. The van der Waals surface area contributed by atoms with E-state index >= 15 is 0 Å². The number of allylic oxidation sites excluding steroid dienone is 2. The highest BCUT2D eigenvalue weighted by Gasteiger charge is 2.00. The van der Waals surface area contributed by atoms with E-state index in [-0.39, 0.29) is 5.78 Å².